The Bertz CT molecular complexity index is 948. The zero-order chi connectivity index (χ0) is 19.7. The number of halogens is 1. The van der Waals surface area contributed by atoms with Crippen LogP contribution in [0.4, 0.5) is 0 Å². The Labute approximate surface area is 166 Å². The molecule has 1 aromatic carbocycles. The van der Waals surface area contributed by atoms with E-state index >= 15 is 0 Å². The summed E-state index contributed by atoms with van der Waals surface area (Å²) in [6, 6.07) is 6.72. The molecule has 0 spiro atoms. The Morgan fingerprint density at radius 3 is 2.85 bits per heavy atom. The van der Waals surface area contributed by atoms with Crippen molar-refractivity contribution < 1.29 is 14.3 Å². The van der Waals surface area contributed by atoms with E-state index in [1.165, 1.54) is 18.9 Å². The summed E-state index contributed by atoms with van der Waals surface area (Å²) in [7, 11) is 1.31. The molecule has 3 rings (SSSR count). The molecule has 1 atom stereocenters. The molecule has 0 bridgehead atoms. The Morgan fingerprint density at radius 2 is 2.26 bits per heavy atom. The van der Waals surface area contributed by atoms with Crippen molar-refractivity contribution in [3.63, 3.8) is 0 Å². The molecule has 0 amide bonds. The Balaban J connectivity index is 2.17. The Hall–Kier alpha value is -2.63. The van der Waals surface area contributed by atoms with Crippen molar-refractivity contribution in [3.8, 4) is 11.8 Å². The van der Waals surface area contributed by atoms with Gasteiger partial charge in [-0.15, -0.1) is 0 Å². The van der Waals surface area contributed by atoms with Gasteiger partial charge in [0.15, 0.2) is 5.17 Å². The number of nitrogens with two attached hydrogens (primary N) is 1. The normalized spacial score (nSPS) is 18.9. The number of aliphatic imine (C=N–C) groups is 1. The first-order valence-corrected chi connectivity index (χ1v) is 9.29. The van der Waals surface area contributed by atoms with Gasteiger partial charge in [-0.25, -0.2) is 9.79 Å². The minimum Gasteiger partial charge on any atom is -0.492 e. The number of nitriles is 1. The second-order valence-corrected chi connectivity index (χ2v) is 7.09. The molecule has 2 heterocycles. The first-order chi connectivity index (χ1) is 12.9. The monoisotopic (exact) mass is 404 g/mol. The van der Waals surface area contributed by atoms with E-state index in [0.29, 0.717) is 44.3 Å². The summed E-state index contributed by atoms with van der Waals surface area (Å²) < 4.78 is 10.4. The molecular formula is C18H17ClN4O3S. The molecule has 2 aliphatic heterocycles. The summed E-state index contributed by atoms with van der Waals surface area (Å²) >= 11 is 7.52. The number of allylic oxidation sites excluding steroid dienone is 2. The number of benzene rings is 1. The summed E-state index contributed by atoms with van der Waals surface area (Å²) in [6.45, 7) is 4.07. The number of hydrogen-bond donors (Lipinski definition) is 1. The van der Waals surface area contributed by atoms with Gasteiger partial charge in [0.2, 0.25) is 0 Å². The van der Waals surface area contributed by atoms with Gasteiger partial charge in [0.05, 0.1) is 36.1 Å². The molecule has 0 aliphatic carbocycles. The Kier molecular flexibility index (Phi) is 5.35. The maximum atomic E-state index is 12.5. The highest BCUT2D eigenvalue weighted by Gasteiger charge is 2.42. The van der Waals surface area contributed by atoms with Crippen LogP contribution in [0.25, 0.3) is 0 Å². The zero-order valence-electron chi connectivity index (χ0n) is 14.9. The third-order valence-electron chi connectivity index (χ3n) is 4.15. The third kappa shape index (κ3) is 3.24. The maximum absolute atomic E-state index is 12.5. The van der Waals surface area contributed by atoms with E-state index in [-0.39, 0.29) is 5.82 Å². The van der Waals surface area contributed by atoms with Gasteiger partial charge < -0.3 is 15.2 Å². The molecule has 0 saturated carbocycles. The predicted molar refractivity (Wildman–Crippen MR) is 104 cm³/mol. The number of amidine groups is 1. The van der Waals surface area contributed by atoms with E-state index in [0.717, 1.165) is 0 Å². The standard InChI is InChI=1S/C18H17ClN4O3S/c1-4-26-12-6-5-10(7-11(12)19)15-14(17(24)25-3)9(2)22-18-23(15)16(21)13(8-20)27-18/h5-7,15H,4,21H2,1-3H3/t15-/m0/s1. The summed E-state index contributed by atoms with van der Waals surface area (Å²) in [5.74, 6) is 0.267. The number of fused-ring (bicyclic) bond motifs is 1. The zero-order valence-corrected chi connectivity index (χ0v) is 16.5. The fraction of sp³-hybridized carbons (Fsp3) is 0.278. The average molecular weight is 405 g/mol. The first kappa shape index (κ1) is 19.1. The highest BCUT2D eigenvalue weighted by Crippen LogP contribution is 2.46. The summed E-state index contributed by atoms with van der Waals surface area (Å²) in [6.07, 6.45) is 0. The fourth-order valence-corrected chi connectivity index (χ4v) is 4.15. The summed E-state index contributed by atoms with van der Waals surface area (Å²) in [5.41, 5.74) is 7.73. The number of thioether (sulfide) groups is 1. The lowest BCUT2D eigenvalue weighted by Crippen LogP contribution is -2.38. The predicted octanol–water partition coefficient (Wildman–Crippen LogP) is 3.30. The molecule has 7 nitrogen and oxygen atoms in total. The molecule has 0 aromatic heterocycles. The lowest BCUT2D eigenvalue weighted by atomic mass is 9.94. The van der Waals surface area contributed by atoms with Crippen LogP contribution in [0.1, 0.15) is 25.5 Å². The van der Waals surface area contributed by atoms with E-state index in [1.807, 2.05) is 13.0 Å². The van der Waals surface area contributed by atoms with Gasteiger partial charge in [0.25, 0.3) is 0 Å². The summed E-state index contributed by atoms with van der Waals surface area (Å²) in [5, 5.41) is 10.3. The van der Waals surface area contributed by atoms with Crippen LogP contribution < -0.4 is 10.5 Å². The molecule has 0 unspecified atom stereocenters. The van der Waals surface area contributed by atoms with Crippen molar-refractivity contribution in [3.05, 3.63) is 50.8 Å². The van der Waals surface area contributed by atoms with Crippen LogP contribution in [0, 0.1) is 11.3 Å². The summed E-state index contributed by atoms with van der Waals surface area (Å²) in [4.78, 5) is 18.9. The van der Waals surface area contributed by atoms with E-state index in [4.69, 9.17) is 26.8 Å². The van der Waals surface area contributed by atoms with Gasteiger partial charge in [-0.05, 0) is 43.3 Å². The minimum atomic E-state index is -0.614. The molecule has 2 aliphatic rings. The lowest BCUT2D eigenvalue weighted by Gasteiger charge is -2.34. The smallest absolute Gasteiger partial charge is 0.338 e. The molecule has 1 aromatic rings. The van der Waals surface area contributed by atoms with Crippen molar-refractivity contribution in [2.45, 2.75) is 19.9 Å². The number of methoxy groups -OCH3 is 1. The van der Waals surface area contributed by atoms with E-state index < -0.39 is 12.0 Å². The molecule has 0 radical (unpaired) electrons. The number of esters is 1. The van der Waals surface area contributed by atoms with Crippen LogP contribution in [-0.2, 0) is 9.53 Å². The van der Waals surface area contributed by atoms with Crippen molar-refractivity contribution in [2.75, 3.05) is 13.7 Å². The molecule has 0 fully saturated rings. The molecule has 27 heavy (non-hydrogen) atoms. The van der Waals surface area contributed by atoms with Gasteiger partial charge in [-0.3, -0.25) is 4.90 Å². The lowest BCUT2D eigenvalue weighted by molar-refractivity contribution is -0.136. The van der Waals surface area contributed by atoms with E-state index in [2.05, 4.69) is 11.1 Å². The maximum Gasteiger partial charge on any atom is 0.338 e. The number of hydrogen-bond acceptors (Lipinski definition) is 8. The molecule has 9 heteroatoms. The van der Waals surface area contributed by atoms with Gasteiger partial charge in [0, 0.05) is 0 Å². The van der Waals surface area contributed by atoms with Crippen LogP contribution in [0.3, 0.4) is 0 Å². The largest absolute Gasteiger partial charge is 0.492 e. The highest BCUT2D eigenvalue weighted by molar-refractivity contribution is 8.17. The van der Waals surface area contributed by atoms with Crippen LogP contribution in [0.5, 0.6) is 5.75 Å². The SMILES string of the molecule is CCOc1ccc([C@H]2C(C(=O)OC)=C(C)N=C3SC(C#N)=C(N)N32)cc1Cl. The minimum absolute atomic E-state index is 0.241. The van der Waals surface area contributed by atoms with Crippen molar-refractivity contribution in [2.24, 2.45) is 10.7 Å². The number of carbonyl (C=O) groups is 1. The number of carbonyl (C=O) groups excluding carboxylic acids is 1. The van der Waals surface area contributed by atoms with Gasteiger partial charge >= 0.3 is 5.97 Å². The van der Waals surface area contributed by atoms with Crippen LogP contribution >= 0.6 is 23.4 Å². The number of nitrogens with zero attached hydrogens (tertiary/aromatic N) is 3. The number of rotatable bonds is 4. The van der Waals surface area contributed by atoms with Gasteiger partial charge in [0.1, 0.15) is 22.5 Å². The number of ether oxygens (including phenoxy) is 2. The van der Waals surface area contributed by atoms with Crippen LogP contribution in [0.15, 0.2) is 45.2 Å². The molecule has 0 saturated heterocycles. The van der Waals surface area contributed by atoms with Crippen molar-refractivity contribution in [1.29, 1.82) is 5.26 Å². The Morgan fingerprint density at radius 1 is 1.52 bits per heavy atom. The topological polar surface area (TPSA) is 101 Å². The first-order valence-electron chi connectivity index (χ1n) is 8.09. The average Bonchev–Trinajstić information content (AvgIpc) is 2.97. The van der Waals surface area contributed by atoms with Gasteiger partial charge in [-0.2, -0.15) is 5.26 Å². The quantitative estimate of drug-likeness (QED) is 0.768. The third-order valence-corrected chi connectivity index (χ3v) is 5.43. The van der Waals surface area contributed by atoms with Crippen LogP contribution in [0.2, 0.25) is 5.02 Å². The van der Waals surface area contributed by atoms with Gasteiger partial charge in [-0.1, -0.05) is 17.7 Å². The van der Waals surface area contributed by atoms with Crippen LogP contribution in [-0.4, -0.2) is 29.8 Å². The molecule has 140 valence electrons. The van der Waals surface area contributed by atoms with Crippen molar-refractivity contribution in [1.82, 2.24) is 4.90 Å². The van der Waals surface area contributed by atoms with E-state index in [9.17, 15) is 10.1 Å². The fourth-order valence-electron chi connectivity index (χ4n) is 2.99. The second kappa shape index (κ2) is 7.55. The van der Waals surface area contributed by atoms with E-state index in [1.54, 1.807) is 24.0 Å². The second-order valence-electron chi connectivity index (χ2n) is 5.71. The van der Waals surface area contributed by atoms with Crippen molar-refractivity contribution >= 4 is 34.5 Å². The molecular weight excluding hydrogens is 388 g/mol. The molecule has 2 N–H and O–H groups in total. The highest BCUT2D eigenvalue weighted by atomic mass is 35.5.